The fourth-order valence-electron chi connectivity index (χ4n) is 3.68. The van der Waals surface area contributed by atoms with Crippen molar-refractivity contribution in [3.8, 4) is 22.5 Å². The predicted octanol–water partition coefficient (Wildman–Crippen LogP) is 1.91. The first kappa shape index (κ1) is 19.8. The van der Waals surface area contributed by atoms with Gasteiger partial charge < -0.3 is 29.6 Å². The summed E-state index contributed by atoms with van der Waals surface area (Å²) in [5.74, 6) is 0.681. The molecule has 7 heteroatoms. The van der Waals surface area contributed by atoms with Crippen molar-refractivity contribution in [2.24, 2.45) is 0 Å². The number of hydrogen-bond donors (Lipinski definition) is 4. The Labute approximate surface area is 167 Å². The third kappa shape index (κ3) is 3.59. The summed E-state index contributed by atoms with van der Waals surface area (Å²) in [7, 11) is 0. The van der Waals surface area contributed by atoms with Crippen LogP contribution in [-0.2, 0) is 4.74 Å². The molecule has 0 amide bonds. The summed E-state index contributed by atoms with van der Waals surface area (Å²) in [4.78, 5) is 3.92. The summed E-state index contributed by atoms with van der Waals surface area (Å²) in [6.07, 6.45) is -1.66. The molecule has 7 nitrogen and oxygen atoms in total. The number of hydrogen-bond acceptors (Lipinski definition) is 7. The van der Waals surface area contributed by atoms with Gasteiger partial charge in [0.25, 0.3) is 0 Å². The van der Waals surface area contributed by atoms with E-state index in [0.717, 1.165) is 16.7 Å². The fraction of sp³-hybridized carbons (Fsp3) is 0.318. The minimum absolute atomic E-state index is 0.476. The van der Waals surface area contributed by atoms with Crippen LogP contribution in [0.15, 0.2) is 65.5 Å². The van der Waals surface area contributed by atoms with Gasteiger partial charge in [-0.1, -0.05) is 42.5 Å². The first-order valence-corrected chi connectivity index (χ1v) is 9.36. The van der Waals surface area contributed by atoms with E-state index in [9.17, 15) is 20.4 Å². The standard InChI is InChI=1S/C22H23NO6/c1-22(27)18(11-24)29-20(19(25)21(22)26)16-4-2-3-15(9-16)13-5-7-14(8-6-13)17-10-23-12-28-17/h2-10,12,18-21,24-27H,11H2,1H3. The van der Waals surface area contributed by atoms with E-state index in [0.29, 0.717) is 11.3 Å². The minimum atomic E-state index is -1.75. The van der Waals surface area contributed by atoms with Gasteiger partial charge in [-0.05, 0) is 29.7 Å². The molecule has 1 aromatic heterocycles. The van der Waals surface area contributed by atoms with E-state index in [1.54, 1.807) is 12.3 Å². The van der Waals surface area contributed by atoms with Crippen LogP contribution in [-0.4, -0.2) is 55.9 Å². The lowest BCUT2D eigenvalue weighted by Gasteiger charge is -2.46. The van der Waals surface area contributed by atoms with Gasteiger partial charge >= 0.3 is 0 Å². The van der Waals surface area contributed by atoms with Crippen LogP contribution in [0.25, 0.3) is 22.5 Å². The number of benzene rings is 2. The molecule has 3 aromatic rings. The van der Waals surface area contributed by atoms with Gasteiger partial charge in [0.05, 0.1) is 12.8 Å². The van der Waals surface area contributed by atoms with Gasteiger partial charge in [0.2, 0.25) is 0 Å². The zero-order chi connectivity index (χ0) is 20.6. The molecule has 1 saturated heterocycles. The van der Waals surface area contributed by atoms with Crippen LogP contribution in [0.2, 0.25) is 0 Å². The Hall–Kier alpha value is -2.55. The molecule has 0 bridgehead atoms. The van der Waals surface area contributed by atoms with Crippen LogP contribution in [0, 0.1) is 0 Å². The predicted molar refractivity (Wildman–Crippen MR) is 105 cm³/mol. The monoisotopic (exact) mass is 397 g/mol. The van der Waals surface area contributed by atoms with Gasteiger partial charge in [-0.25, -0.2) is 4.98 Å². The van der Waals surface area contributed by atoms with Crippen molar-refractivity contribution in [1.29, 1.82) is 0 Å². The molecule has 1 fully saturated rings. The number of aliphatic hydroxyl groups excluding tert-OH is 3. The van der Waals surface area contributed by atoms with Gasteiger partial charge in [0.1, 0.15) is 30.0 Å². The quantitative estimate of drug-likeness (QED) is 0.531. The largest absolute Gasteiger partial charge is 0.444 e. The molecule has 5 unspecified atom stereocenters. The number of aromatic nitrogens is 1. The van der Waals surface area contributed by atoms with Crippen molar-refractivity contribution in [1.82, 2.24) is 4.98 Å². The van der Waals surface area contributed by atoms with E-state index in [-0.39, 0.29) is 0 Å². The molecule has 4 N–H and O–H groups in total. The first-order valence-electron chi connectivity index (χ1n) is 9.36. The Bertz CT molecular complexity index is 950. The topological polar surface area (TPSA) is 116 Å². The third-order valence-electron chi connectivity index (χ3n) is 5.51. The van der Waals surface area contributed by atoms with E-state index in [1.165, 1.54) is 13.3 Å². The molecule has 0 spiro atoms. The molecule has 29 heavy (non-hydrogen) atoms. The summed E-state index contributed by atoms with van der Waals surface area (Å²) in [5.41, 5.74) is 1.65. The molecule has 1 aliphatic rings. The SMILES string of the molecule is CC1(O)C(CO)OC(c2cccc(-c3ccc(-c4cnco4)cc3)c2)C(O)C1O. The molecule has 2 aromatic carbocycles. The zero-order valence-corrected chi connectivity index (χ0v) is 15.8. The Morgan fingerprint density at radius 3 is 2.41 bits per heavy atom. The highest BCUT2D eigenvalue weighted by atomic mass is 16.5. The number of aliphatic hydroxyl groups is 4. The Balaban J connectivity index is 1.62. The van der Waals surface area contributed by atoms with Crippen LogP contribution in [0.5, 0.6) is 0 Å². The van der Waals surface area contributed by atoms with Crippen molar-refractivity contribution < 1.29 is 29.6 Å². The first-order chi connectivity index (χ1) is 13.9. The molecule has 0 saturated carbocycles. The highest BCUT2D eigenvalue weighted by Crippen LogP contribution is 2.38. The minimum Gasteiger partial charge on any atom is -0.444 e. The summed E-state index contributed by atoms with van der Waals surface area (Å²) in [5, 5.41) is 40.8. The van der Waals surface area contributed by atoms with Crippen LogP contribution in [0.1, 0.15) is 18.6 Å². The van der Waals surface area contributed by atoms with Gasteiger partial charge in [-0.2, -0.15) is 0 Å². The van der Waals surface area contributed by atoms with E-state index in [2.05, 4.69) is 4.98 Å². The maximum Gasteiger partial charge on any atom is 0.181 e. The van der Waals surface area contributed by atoms with Gasteiger partial charge in [-0.15, -0.1) is 0 Å². The average Bonchev–Trinajstić information content (AvgIpc) is 3.27. The van der Waals surface area contributed by atoms with Gasteiger partial charge in [0, 0.05) is 5.56 Å². The van der Waals surface area contributed by atoms with E-state index >= 15 is 0 Å². The van der Waals surface area contributed by atoms with Crippen LogP contribution in [0.4, 0.5) is 0 Å². The van der Waals surface area contributed by atoms with Crippen LogP contribution < -0.4 is 0 Å². The maximum atomic E-state index is 10.5. The summed E-state index contributed by atoms with van der Waals surface area (Å²) < 4.78 is 11.1. The second kappa shape index (κ2) is 7.70. The molecule has 0 aliphatic carbocycles. The second-order valence-electron chi connectivity index (χ2n) is 7.46. The van der Waals surface area contributed by atoms with Crippen molar-refractivity contribution in [3.05, 3.63) is 66.7 Å². The Morgan fingerprint density at radius 1 is 1.03 bits per heavy atom. The Kier molecular flexibility index (Phi) is 5.24. The number of nitrogens with zero attached hydrogens (tertiary/aromatic N) is 1. The zero-order valence-electron chi connectivity index (χ0n) is 15.8. The van der Waals surface area contributed by atoms with Gasteiger partial charge in [-0.3, -0.25) is 0 Å². The lowest BCUT2D eigenvalue weighted by Crippen LogP contribution is -2.63. The van der Waals surface area contributed by atoms with Gasteiger partial charge in [0.15, 0.2) is 12.2 Å². The smallest absolute Gasteiger partial charge is 0.181 e. The highest BCUT2D eigenvalue weighted by molar-refractivity contribution is 5.68. The molecule has 0 radical (unpaired) electrons. The van der Waals surface area contributed by atoms with E-state index in [1.807, 2.05) is 42.5 Å². The number of ether oxygens (including phenoxy) is 1. The number of rotatable bonds is 4. The highest BCUT2D eigenvalue weighted by Gasteiger charge is 2.51. The van der Waals surface area contributed by atoms with Crippen molar-refractivity contribution >= 4 is 0 Å². The van der Waals surface area contributed by atoms with Crippen molar-refractivity contribution in [3.63, 3.8) is 0 Å². The van der Waals surface area contributed by atoms with E-state index < -0.39 is 36.6 Å². The van der Waals surface area contributed by atoms with Crippen LogP contribution >= 0.6 is 0 Å². The second-order valence-corrected chi connectivity index (χ2v) is 7.46. The lowest BCUT2D eigenvalue weighted by atomic mass is 9.82. The molecule has 2 heterocycles. The summed E-state index contributed by atoms with van der Waals surface area (Å²) in [6.45, 7) is 0.862. The normalized spacial score (nSPS) is 29.7. The molecular weight excluding hydrogens is 374 g/mol. The van der Waals surface area contributed by atoms with Crippen LogP contribution in [0.3, 0.4) is 0 Å². The molecule has 4 rings (SSSR count). The average molecular weight is 397 g/mol. The van der Waals surface area contributed by atoms with E-state index in [4.69, 9.17) is 9.15 Å². The molecule has 1 aliphatic heterocycles. The third-order valence-corrected chi connectivity index (χ3v) is 5.51. The molecule has 5 atom stereocenters. The number of oxazole rings is 1. The van der Waals surface area contributed by atoms with Crippen molar-refractivity contribution in [2.45, 2.75) is 36.9 Å². The summed E-state index contributed by atoms with van der Waals surface area (Å²) >= 11 is 0. The fourth-order valence-corrected chi connectivity index (χ4v) is 3.68. The lowest BCUT2D eigenvalue weighted by molar-refractivity contribution is -0.272. The molecule has 152 valence electrons. The molecular formula is C22H23NO6. The van der Waals surface area contributed by atoms with Crippen molar-refractivity contribution in [2.75, 3.05) is 6.61 Å². The Morgan fingerprint density at radius 2 is 1.76 bits per heavy atom. The maximum absolute atomic E-state index is 10.5. The summed E-state index contributed by atoms with van der Waals surface area (Å²) in [6, 6.07) is 15.2.